The Kier molecular flexibility index (Phi) is 3.08. The van der Waals surface area contributed by atoms with Gasteiger partial charge in [0.15, 0.2) is 11.5 Å². The molecule has 0 aliphatic heterocycles. The molecule has 0 aliphatic carbocycles. The number of aromatic hydroxyl groups is 1. The summed E-state index contributed by atoms with van der Waals surface area (Å²) in [6.45, 7) is 0. The summed E-state index contributed by atoms with van der Waals surface area (Å²) in [4.78, 5) is 12.1. The van der Waals surface area contributed by atoms with Crippen LogP contribution in [0.15, 0.2) is 24.4 Å². The highest BCUT2D eigenvalue weighted by molar-refractivity contribution is 5.98. The van der Waals surface area contributed by atoms with E-state index in [1.165, 1.54) is 31.5 Å². The lowest BCUT2D eigenvalue weighted by Crippen LogP contribution is -2.16. The average Bonchev–Trinajstić information content (AvgIpc) is 2.79. The molecule has 0 saturated heterocycles. The molecule has 0 amide bonds. The Bertz CT molecular complexity index is 685. The molecule has 0 radical (unpaired) electrons. The Morgan fingerprint density at radius 1 is 1.58 bits per heavy atom. The number of phenols is 1. The molecular formula is C12H10N4O3. The van der Waals surface area contributed by atoms with Crippen LogP contribution in [0.25, 0.3) is 0 Å². The number of phenolic OH excluding ortho intramolecular Hbond substituents is 1. The minimum Gasteiger partial charge on any atom is -0.504 e. The SMILES string of the molecule is COc1cc(C(=O)n2ncc(C#N)c2N)ccc1O. The maximum Gasteiger partial charge on any atom is 0.280 e. The van der Waals surface area contributed by atoms with Crippen molar-refractivity contribution in [2.24, 2.45) is 0 Å². The highest BCUT2D eigenvalue weighted by atomic mass is 16.5. The molecule has 0 aliphatic rings. The Hall–Kier alpha value is -3.01. The molecule has 1 heterocycles. The van der Waals surface area contributed by atoms with Crippen molar-refractivity contribution in [2.75, 3.05) is 12.8 Å². The van der Waals surface area contributed by atoms with Gasteiger partial charge < -0.3 is 15.6 Å². The first kappa shape index (κ1) is 12.4. The molecule has 96 valence electrons. The molecule has 0 atom stereocenters. The van der Waals surface area contributed by atoms with Crippen molar-refractivity contribution in [2.45, 2.75) is 0 Å². The van der Waals surface area contributed by atoms with Gasteiger partial charge >= 0.3 is 0 Å². The first-order valence-corrected chi connectivity index (χ1v) is 5.23. The van der Waals surface area contributed by atoms with E-state index in [4.69, 9.17) is 15.7 Å². The number of anilines is 1. The number of ether oxygens (including phenoxy) is 1. The van der Waals surface area contributed by atoms with Gasteiger partial charge in [0.1, 0.15) is 17.5 Å². The van der Waals surface area contributed by atoms with Crippen molar-refractivity contribution in [3.8, 4) is 17.6 Å². The number of benzene rings is 1. The van der Waals surface area contributed by atoms with Crippen LogP contribution >= 0.6 is 0 Å². The van der Waals surface area contributed by atoms with Crippen LogP contribution in [0.2, 0.25) is 0 Å². The Morgan fingerprint density at radius 3 is 2.89 bits per heavy atom. The van der Waals surface area contributed by atoms with E-state index in [2.05, 4.69) is 5.10 Å². The van der Waals surface area contributed by atoms with Gasteiger partial charge in [0.05, 0.1) is 13.3 Å². The summed E-state index contributed by atoms with van der Waals surface area (Å²) in [5.74, 6) is -0.459. The highest BCUT2D eigenvalue weighted by Crippen LogP contribution is 2.27. The molecule has 0 fully saturated rings. The number of carbonyl (C=O) groups is 1. The largest absolute Gasteiger partial charge is 0.504 e. The third-order valence-corrected chi connectivity index (χ3v) is 2.55. The smallest absolute Gasteiger partial charge is 0.280 e. The number of nitrogens with zero attached hydrogens (tertiary/aromatic N) is 3. The number of hydrogen-bond donors (Lipinski definition) is 2. The summed E-state index contributed by atoms with van der Waals surface area (Å²) in [6, 6.07) is 5.93. The lowest BCUT2D eigenvalue weighted by Gasteiger charge is -2.06. The van der Waals surface area contributed by atoms with Gasteiger partial charge in [-0.1, -0.05) is 0 Å². The van der Waals surface area contributed by atoms with Crippen LogP contribution in [0, 0.1) is 11.3 Å². The van der Waals surface area contributed by atoms with Crippen LogP contribution in [0.1, 0.15) is 15.9 Å². The van der Waals surface area contributed by atoms with E-state index in [1.54, 1.807) is 0 Å². The van der Waals surface area contributed by atoms with Crippen molar-refractivity contribution < 1.29 is 14.6 Å². The zero-order valence-electron chi connectivity index (χ0n) is 9.99. The van der Waals surface area contributed by atoms with E-state index in [9.17, 15) is 9.90 Å². The first-order chi connectivity index (χ1) is 9.08. The predicted molar refractivity (Wildman–Crippen MR) is 65.7 cm³/mol. The number of nitriles is 1. The number of nitrogens with two attached hydrogens (primary N) is 1. The molecule has 0 saturated carbocycles. The third kappa shape index (κ3) is 2.07. The van der Waals surface area contributed by atoms with E-state index in [-0.39, 0.29) is 28.4 Å². The van der Waals surface area contributed by atoms with Gasteiger partial charge in [-0.05, 0) is 18.2 Å². The molecule has 1 aromatic carbocycles. The van der Waals surface area contributed by atoms with Crippen LogP contribution < -0.4 is 10.5 Å². The molecule has 19 heavy (non-hydrogen) atoms. The molecule has 2 rings (SSSR count). The van der Waals surface area contributed by atoms with E-state index < -0.39 is 5.91 Å². The van der Waals surface area contributed by atoms with Gasteiger partial charge in [0, 0.05) is 5.56 Å². The minimum absolute atomic E-state index is 0.0282. The maximum absolute atomic E-state index is 12.1. The topological polar surface area (TPSA) is 114 Å². The number of aromatic nitrogens is 2. The Labute approximate surface area is 108 Å². The van der Waals surface area contributed by atoms with Crippen LogP contribution in [0.3, 0.4) is 0 Å². The van der Waals surface area contributed by atoms with Gasteiger partial charge in [0.25, 0.3) is 5.91 Å². The lowest BCUT2D eigenvalue weighted by molar-refractivity contribution is 0.0947. The quantitative estimate of drug-likeness (QED) is 0.821. The van der Waals surface area contributed by atoms with E-state index >= 15 is 0 Å². The molecule has 0 unspecified atom stereocenters. The third-order valence-electron chi connectivity index (χ3n) is 2.55. The standard InChI is InChI=1S/C12H10N4O3/c1-19-10-4-7(2-3-9(10)17)12(18)16-11(14)8(5-13)6-15-16/h2-4,6,17H,14H2,1H3. The van der Waals surface area contributed by atoms with Crippen molar-refractivity contribution in [3.63, 3.8) is 0 Å². The molecular weight excluding hydrogens is 248 g/mol. The van der Waals surface area contributed by atoms with Gasteiger partial charge in [0.2, 0.25) is 0 Å². The summed E-state index contributed by atoms with van der Waals surface area (Å²) >= 11 is 0. The van der Waals surface area contributed by atoms with Crippen LogP contribution in [-0.4, -0.2) is 27.9 Å². The van der Waals surface area contributed by atoms with Crippen LogP contribution in [0.4, 0.5) is 5.82 Å². The summed E-state index contributed by atoms with van der Waals surface area (Å²) in [5, 5.41) is 22.0. The van der Waals surface area contributed by atoms with E-state index in [1.807, 2.05) is 6.07 Å². The van der Waals surface area contributed by atoms with Crippen molar-refractivity contribution >= 4 is 11.7 Å². The second-order valence-corrected chi connectivity index (χ2v) is 3.66. The van der Waals surface area contributed by atoms with Crippen molar-refractivity contribution in [3.05, 3.63) is 35.5 Å². The molecule has 0 spiro atoms. The zero-order chi connectivity index (χ0) is 14.0. The van der Waals surface area contributed by atoms with E-state index in [0.717, 1.165) is 4.68 Å². The van der Waals surface area contributed by atoms with Crippen molar-refractivity contribution in [1.29, 1.82) is 5.26 Å². The minimum atomic E-state index is -0.516. The fourth-order valence-corrected chi connectivity index (χ4v) is 1.54. The van der Waals surface area contributed by atoms with Crippen LogP contribution in [0.5, 0.6) is 11.5 Å². The molecule has 2 aromatic rings. The van der Waals surface area contributed by atoms with E-state index in [0.29, 0.717) is 0 Å². The van der Waals surface area contributed by atoms with Gasteiger partial charge in [-0.25, -0.2) is 0 Å². The fraction of sp³-hybridized carbons (Fsp3) is 0.0833. The summed E-state index contributed by atoms with van der Waals surface area (Å²) in [6.07, 6.45) is 1.21. The van der Waals surface area contributed by atoms with Gasteiger partial charge in [-0.3, -0.25) is 4.79 Å². The second-order valence-electron chi connectivity index (χ2n) is 3.66. The molecule has 3 N–H and O–H groups in total. The zero-order valence-corrected chi connectivity index (χ0v) is 9.99. The maximum atomic E-state index is 12.1. The molecule has 7 heteroatoms. The highest BCUT2D eigenvalue weighted by Gasteiger charge is 2.17. The average molecular weight is 258 g/mol. The number of nitrogen functional groups attached to an aromatic ring is 1. The summed E-state index contributed by atoms with van der Waals surface area (Å²) in [7, 11) is 1.37. The fourth-order valence-electron chi connectivity index (χ4n) is 1.54. The van der Waals surface area contributed by atoms with Gasteiger partial charge in [-0.2, -0.15) is 15.0 Å². The number of rotatable bonds is 2. The number of carbonyl (C=O) groups excluding carboxylic acids is 1. The Balaban J connectivity index is 2.44. The molecule has 0 bridgehead atoms. The summed E-state index contributed by atoms with van der Waals surface area (Å²) < 4.78 is 5.83. The second kappa shape index (κ2) is 4.70. The molecule has 1 aromatic heterocycles. The molecule has 7 nitrogen and oxygen atoms in total. The van der Waals surface area contributed by atoms with Gasteiger partial charge in [-0.15, -0.1) is 0 Å². The number of methoxy groups -OCH3 is 1. The first-order valence-electron chi connectivity index (χ1n) is 5.23. The summed E-state index contributed by atoms with van der Waals surface area (Å²) in [5.41, 5.74) is 5.98. The van der Waals surface area contributed by atoms with Crippen LogP contribution in [-0.2, 0) is 0 Å². The Morgan fingerprint density at radius 2 is 2.32 bits per heavy atom. The monoisotopic (exact) mass is 258 g/mol. The normalized spacial score (nSPS) is 9.89. The van der Waals surface area contributed by atoms with Crippen molar-refractivity contribution in [1.82, 2.24) is 9.78 Å². The predicted octanol–water partition coefficient (Wildman–Crippen LogP) is 0.740. The lowest BCUT2D eigenvalue weighted by atomic mass is 10.2. The number of hydrogen-bond acceptors (Lipinski definition) is 6.